The van der Waals surface area contributed by atoms with E-state index in [4.69, 9.17) is 22.1 Å². The summed E-state index contributed by atoms with van der Waals surface area (Å²) < 4.78 is 6.28. The third-order valence-electron chi connectivity index (χ3n) is 2.92. The Hall–Kier alpha value is -2.29. The number of primary amides is 1. The van der Waals surface area contributed by atoms with E-state index in [0.29, 0.717) is 21.9 Å². The van der Waals surface area contributed by atoms with Gasteiger partial charge >= 0.3 is 0 Å². The van der Waals surface area contributed by atoms with Gasteiger partial charge in [0.15, 0.2) is 6.61 Å². The van der Waals surface area contributed by atoms with Crippen molar-refractivity contribution in [3.05, 3.63) is 63.1 Å². The zero-order valence-corrected chi connectivity index (χ0v) is 14.3. The van der Waals surface area contributed by atoms with Crippen LogP contribution in [0.25, 0.3) is 11.6 Å². The van der Waals surface area contributed by atoms with E-state index in [0.717, 1.165) is 10.0 Å². The molecule has 116 valence electrons. The van der Waals surface area contributed by atoms with Gasteiger partial charge in [-0.2, -0.15) is 5.26 Å². The Balaban J connectivity index is 2.42. The number of benzene rings is 2. The molecule has 23 heavy (non-hydrogen) atoms. The molecular formula is C17H12BrClN2O2. The van der Waals surface area contributed by atoms with Crippen LogP contribution in [-0.2, 0) is 4.79 Å². The van der Waals surface area contributed by atoms with Gasteiger partial charge in [-0.1, -0.05) is 39.7 Å². The smallest absolute Gasteiger partial charge is 0.255 e. The molecule has 2 aromatic rings. The summed E-state index contributed by atoms with van der Waals surface area (Å²) in [6, 6.07) is 14.4. The predicted molar refractivity (Wildman–Crippen MR) is 93.8 cm³/mol. The summed E-state index contributed by atoms with van der Waals surface area (Å²) in [5.74, 6) is -0.152. The first-order valence-corrected chi connectivity index (χ1v) is 7.75. The van der Waals surface area contributed by atoms with Crippen LogP contribution in [0.3, 0.4) is 0 Å². The van der Waals surface area contributed by atoms with Crippen molar-refractivity contribution in [2.45, 2.75) is 0 Å². The lowest BCUT2D eigenvalue weighted by atomic mass is 10.0. The second-order valence-corrected chi connectivity index (χ2v) is 5.97. The molecule has 0 saturated carbocycles. The lowest BCUT2D eigenvalue weighted by molar-refractivity contribution is -0.119. The predicted octanol–water partition coefficient (Wildman–Crippen LogP) is 4.03. The van der Waals surface area contributed by atoms with Gasteiger partial charge in [0.1, 0.15) is 5.75 Å². The highest BCUT2D eigenvalue weighted by atomic mass is 79.9. The minimum atomic E-state index is -0.580. The highest BCUT2D eigenvalue weighted by Gasteiger charge is 2.08. The zero-order chi connectivity index (χ0) is 16.8. The number of ether oxygens (including phenoxy) is 1. The minimum Gasteiger partial charge on any atom is -0.483 e. The molecule has 0 spiro atoms. The molecule has 0 bridgehead atoms. The van der Waals surface area contributed by atoms with Gasteiger partial charge in [0.05, 0.1) is 11.6 Å². The Kier molecular flexibility index (Phi) is 5.80. The second kappa shape index (κ2) is 7.82. The van der Waals surface area contributed by atoms with Crippen LogP contribution in [0, 0.1) is 11.3 Å². The minimum absolute atomic E-state index is 0.247. The van der Waals surface area contributed by atoms with Crippen LogP contribution >= 0.6 is 27.5 Å². The summed E-state index contributed by atoms with van der Waals surface area (Å²) in [4.78, 5) is 10.9. The molecule has 2 aromatic carbocycles. The first kappa shape index (κ1) is 17.1. The molecule has 0 unspecified atom stereocenters. The van der Waals surface area contributed by atoms with E-state index >= 15 is 0 Å². The molecule has 4 nitrogen and oxygen atoms in total. The maximum atomic E-state index is 10.9. The maximum Gasteiger partial charge on any atom is 0.255 e. The summed E-state index contributed by atoms with van der Waals surface area (Å²) in [5.41, 5.74) is 6.89. The van der Waals surface area contributed by atoms with Crippen molar-refractivity contribution in [2.24, 2.45) is 5.73 Å². The van der Waals surface area contributed by atoms with E-state index in [-0.39, 0.29) is 6.61 Å². The van der Waals surface area contributed by atoms with E-state index in [1.807, 2.05) is 24.3 Å². The molecule has 0 aromatic heterocycles. The number of halogens is 2. The normalized spacial score (nSPS) is 10.9. The van der Waals surface area contributed by atoms with Gasteiger partial charge < -0.3 is 10.5 Å². The lowest BCUT2D eigenvalue weighted by Crippen LogP contribution is -2.20. The Bertz CT molecular complexity index is 795. The van der Waals surface area contributed by atoms with Crippen molar-refractivity contribution in [3.8, 4) is 11.8 Å². The Labute approximate surface area is 147 Å². The fourth-order valence-electron chi connectivity index (χ4n) is 1.88. The molecule has 0 aliphatic rings. The molecule has 6 heteroatoms. The van der Waals surface area contributed by atoms with Crippen molar-refractivity contribution in [2.75, 3.05) is 6.61 Å². The van der Waals surface area contributed by atoms with Gasteiger partial charge in [0.25, 0.3) is 5.91 Å². The molecule has 0 heterocycles. The number of nitriles is 1. The van der Waals surface area contributed by atoms with Gasteiger partial charge in [-0.05, 0) is 42.0 Å². The molecule has 0 radical (unpaired) electrons. The highest BCUT2D eigenvalue weighted by molar-refractivity contribution is 9.10. The number of amides is 1. The summed E-state index contributed by atoms with van der Waals surface area (Å²) in [6.07, 6.45) is 1.66. The lowest BCUT2D eigenvalue weighted by Gasteiger charge is -2.09. The standard InChI is InChI=1S/C17H12BrClN2O2/c18-14-3-1-11(2-4-14)13(9-20)7-12-8-15(19)5-6-16(12)23-10-17(21)22/h1-8H,10H2,(H2,21,22)/b13-7+. The van der Waals surface area contributed by atoms with Crippen LogP contribution in [0.2, 0.25) is 5.02 Å². The second-order valence-electron chi connectivity index (χ2n) is 4.61. The molecule has 0 aliphatic heterocycles. The van der Waals surface area contributed by atoms with Gasteiger partial charge in [-0.15, -0.1) is 0 Å². The first-order valence-electron chi connectivity index (χ1n) is 6.58. The number of carbonyl (C=O) groups is 1. The number of hydrogen-bond acceptors (Lipinski definition) is 3. The van der Waals surface area contributed by atoms with Crippen molar-refractivity contribution in [1.82, 2.24) is 0 Å². The summed E-state index contributed by atoms with van der Waals surface area (Å²) >= 11 is 9.36. The third-order valence-corrected chi connectivity index (χ3v) is 3.68. The molecule has 1 amide bonds. The van der Waals surface area contributed by atoms with Crippen LogP contribution < -0.4 is 10.5 Å². The Morgan fingerprint density at radius 2 is 2.00 bits per heavy atom. The van der Waals surface area contributed by atoms with Crippen LogP contribution in [-0.4, -0.2) is 12.5 Å². The Morgan fingerprint density at radius 1 is 1.30 bits per heavy atom. The van der Waals surface area contributed by atoms with Crippen molar-refractivity contribution >= 4 is 45.1 Å². The summed E-state index contributed by atoms with van der Waals surface area (Å²) in [5, 5.41) is 9.91. The molecular weight excluding hydrogens is 380 g/mol. The van der Waals surface area contributed by atoms with E-state index in [9.17, 15) is 10.1 Å². The van der Waals surface area contributed by atoms with Gasteiger partial charge in [-0.3, -0.25) is 4.79 Å². The number of allylic oxidation sites excluding steroid dienone is 1. The summed E-state index contributed by atoms with van der Waals surface area (Å²) in [7, 11) is 0. The number of nitrogens with two attached hydrogens (primary N) is 1. The average molecular weight is 392 g/mol. The molecule has 0 saturated heterocycles. The quantitative estimate of drug-likeness (QED) is 0.617. The van der Waals surface area contributed by atoms with Crippen LogP contribution in [0.1, 0.15) is 11.1 Å². The van der Waals surface area contributed by atoms with Crippen molar-refractivity contribution in [1.29, 1.82) is 5.26 Å². The van der Waals surface area contributed by atoms with E-state index in [1.165, 1.54) is 0 Å². The number of hydrogen-bond donors (Lipinski definition) is 1. The monoisotopic (exact) mass is 390 g/mol. The van der Waals surface area contributed by atoms with Crippen molar-refractivity contribution < 1.29 is 9.53 Å². The SMILES string of the molecule is N#C/C(=C\c1cc(Cl)ccc1OCC(N)=O)c1ccc(Br)cc1. The van der Waals surface area contributed by atoms with Crippen LogP contribution in [0.5, 0.6) is 5.75 Å². The fourth-order valence-corrected chi connectivity index (χ4v) is 2.32. The molecule has 0 aliphatic carbocycles. The van der Waals surface area contributed by atoms with Crippen molar-refractivity contribution in [3.63, 3.8) is 0 Å². The first-order chi connectivity index (χ1) is 11.0. The number of nitrogens with zero attached hydrogens (tertiary/aromatic N) is 1. The van der Waals surface area contributed by atoms with Crippen LogP contribution in [0.4, 0.5) is 0 Å². The average Bonchev–Trinajstić information content (AvgIpc) is 2.52. The summed E-state index contributed by atoms with van der Waals surface area (Å²) in [6.45, 7) is -0.247. The van der Waals surface area contributed by atoms with Gasteiger partial charge in [-0.25, -0.2) is 0 Å². The van der Waals surface area contributed by atoms with E-state index in [1.54, 1.807) is 24.3 Å². The van der Waals surface area contributed by atoms with Crippen LogP contribution in [0.15, 0.2) is 46.9 Å². The topological polar surface area (TPSA) is 76.1 Å². The van der Waals surface area contributed by atoms with Gasteiger partial charge in [0.2, 0.25) is 0 Å². The van der Waals surface area contributed by atoms with E-state index in [2.05, 4.69) is 22.0 Å². The maximum absolute atomic E-state index is 10.9. The van der Waals surface area contributed by atoms with Gasteiger partial charge in [0, 0.05) is 15.1 Å². The Morgan fingerprint density at radius 3 is 2.61 bits per heavy atom. The fraction of sp³-hybridized carbons (Fsp3) is 0.0588. The van der Waals surface area contributed by atoms with E-state index < -0.39 is 5.91 Å². The number of carbonyl (C=O) groups excluding carboxylic acids is 1. The third kappa shape index (κ3) is 4.85. The molecule has 0 fully saturated rings. The highest BCUT2D eigenvalue weighted by Crippen LogP contribution is 2.28. The largest absolute Gasteiger partial charge is 0.483 e. The molecule has 2 N–H and O–H groups in total. The molecule has 0 atom stereocenters. The molecule has 2 rings (SSSR count). The zero-order valence-electron chi connectivity index (χ0n) is 11.9. The number of rotatable bonds is 5.